The van der Waals surface area contributed by atoms with Crippen LogP contribution in [-0.2, 0) is 4.74 Å². The van der Waals surface area contributed by atoms with Gasteiger partial charge in [0.15, 0.2) is 6.61 Å². The van der Waals surface area contributed by atoms with Crippen molar-refractivity contribution in [1.29, 1.82) is 0 Å². The number of halogens is 2. The molecule has 0 fully saturated rings. The number of benzene rings is 1. The molecular formula is C22H19F2N5O4. The second-order valence-corrected chi connectivity index (χ2v) is 7.23. The van der Waals surface area contributed by atoms with E-state index in [4.69, 9.17) is 4.74 Å². The van der Waals surface area contributed by atoms with Crippen molar-refractivity contribution >= 4 is 17.5 Å². The molecule has 33 heavy (non-hydrogen) atoms. The van der Waals surface area contributed by atoms with Crippen LogP contribution in [0.25, 0.3) is 11.5 Å². The maximum atomic E-state index is 12.7. The van der Waals surface area contributed by atoms with Crippen LogP contribution in [-0.4, -0.2) is 49.1 Å². The normalized spacial score (nSPS) is 11.2. The summed E-state index contributed by atoms with van der Waals surface area (Å²) in [6.07, 6.45) is 1.55. The quantitative estimate of drug-likeness (QED) is 0.311. The molecule has 0 atom stereocenters. The average molecular weight is 455 g/mol. The lowest BCUT2D eigenvalue weighted by Crippen LogP contribution is -2.16. The van der Waals surface area contributed by atoms with Crippen LogP contribution in [0.3, 0.4) is 0 Å². The molecule has 0 bridgehead atoms. The van der Waals surface area contributed by atoms with Crippen LogP contribution in [0.2, 0.25) is 0 Å². The third-order valence-electron chi connectivity index (χ3n) is 5.00. The Bertz CT molecular complexity index is 1350. The molecule has 0 aliphatic heterocycles. The van der Waals surface area contributed by atoms with Gasteiger partial charge < -0.3 is 14.0 Å². The highest BCUT2D eigenvalue weighted by Gasteiger charge is 2.21. The van der Waals surface area contributed by atoms with Crippen molar-refractivity contribution in [2.75, 3.05) is 6.61 Å². The van der Waals surface area contributed by atoms with Crippen molar-refractivity contribution in [3.05, 3.63) is 71.1 Å². The molecule has 0 spiro atoms. The minimum Gasteiger partial charge on any atom is -0.451 e. The monoisotopic (exact) mass is 455 g/mol. The van der Waals surface area contributed by atoms with Gasteiger partial charge in [-0.15, -0.1) is 5.10 Å². The molecule has 0 saturated heterocycles. The number of rotatable bonds is 7. The summed E-state index contributed by atoms with van der Waals surface area (Å²) in [4.78, 5) is 33.1. The summed E-state index contributed by atoms with van der Waals surface area (Å²) in [5.41, 5.74) is 3.13. The van der Waals surface area contributed by atoms with Crippen LogP contribution in [0.5, 0.6) is 5.75 Å². The molecule has 0 aliphatic carbocycles. The molecule has 1 aromatic carbocycles. The number of carbonyl (C=O) groups excluding carboxylic acids is 2. The highest BCUT2D eigenvalue weighted by Crippen LogP contribution is 2.24. The molecule has 170 valence electrons. The lowest BCUT2D eigenvalue weighted by molar-refractivity contribution is -0.0498. The Kier molecular flexibility index (Phi) is 5.86. The number of ketones is 1. The van der Waals surface area contributed by atoms with Crippen LogP contribution >= 0.6 is 0 Å². The first-order valence-corrected chi connectivity index (χ1v) is 9.87. The second-order valence-electron chi connectivity index (χ2n) is 7.23. The molecule has 0 N–H and O–H groups in total. The third kappa shape index (κ3) is 4.43. The Morgan fingerprint density at radius 3 is 2.45 bits per heavy atom. The van der Waals surface area contributed by atoms with Gasteiger partial charge in [-0.2, -0.15) is 13.8 Å². The first-order chi connectivity index (χ1) is 15.7. The van der Waals surface area contributed by atoms with Crippen molar-refractivity contribution in [3.8, 4) is 11.4 Å². The fourth-order valence-corrected chi connectivity index (χ4v) is 3.49. The Morgan fingerprint density at radius 1 is 1.06 bits per heavy atom. The van der Waals surface area contributed by atoms with E-state index in [-0.39, 0.29) is 17.4 Å². The zero-order valence-corrected chi connectivity index (χ0v) is 18.0. The molecule has 0 saturated carbocycles. The summed E-state index contributed by atoms with van der Waals surface area (Å²) in [6.45, 7) is 1.93. The SMILES string of the molecule is Cc1cc(C(=O)COC(=O)c2nc3nccc(C)n3n2)c(C)n1-c1ccc(OC(F)F)cc1. The van der Waals surface area contributed by atoms with Gasteiger partial charge in [-0.1, -0.05) is 0 Å². The number of Topliss-reactive ketones (excluding diaryl/α,β-unsaturated/α-hetero) is 1. The van der Waals surface area contributed by atoms with E-state index in [0.717, 1.165) is 11.4 Å². The van der Waals surface area contributed by atoms with Crippen molar-refractivity contribution in [1.82, 2.24) is 24.1 Å². The van der Waals surface area contributed by atoms with Crippen LogP contribution in [0, 0.1) is 20.8 Å². The number of aromatic nitrogens is 5. The van der Waals surface area contributed by atoms with Crippen molar-refractivity contribution in [3.63, 3.8) is 0 Å². The number of carbonyl (C=O) groups is 2. The van der Waals surface area contributed by atoms with E-state index in [0.29, 0.717) is 16.9 Å². The first kappa shape index (κ1) is 22.1. The maximum Gasteiger partial charge on any atom is 0.387 e. The lowest BCUT2D eigenvalue weighted by Gasteiger charge is -2.11. The van der Waals surface area contributed by atoms with E-state index in [1.807, 2.05) is 0 Å². The summed E-state index contributed by atoms with van der Waals surface area (Å²) in [5, 5.41) is 4.06. The number of alkyl halides is 2. The highest BCUT2D eigenvalue weighted by molar-refractivity contribution is 6.00. The van der Waals surface area contributed by atoms with Crippen molar-refractivity contribution < 1.29 is 27.8 Å². The van der Waals surface area contributed by atoms with E-state index in [1.54, 1.807) is 55.8 Å². The topological polar surface area (TPSA) is 101 Å². The smallest absolute Gasteiger partial charge is 0.387 e. The largest absolute Gasteiger partial charge is 0.451 e. The zero-order chi connectivity index (χ0) is 23.7. The van der Waals surface area contributed by atoms with E-state index < -0.39 is 25.0 Å². The Hall–Kier alpha value is -4.15. The number of aryl methyl sites for hydroxylation is 2. The Labute approximate surface area is 186 Å². The average Bonchev–Trinajstić information content (AvgIpc) is 3.34. The van der Waals surface area contributed by atoms with Gasteiger partial charge in [0.25, 0.3) is 11.6 Å². The summed E-state index contributed by atoms with van der Waals surface area (Å²) in [5.74, 6) is -1.15. The van der Waals surface area contributed by atoms with Gasteiger partial charge in [-0.3, -0.25) is 4.79 Å². The number of hydrogen-bond donors (Lipinski definition) is 0. The number of ether oxygens (including phenoxy) is 2. The van der Waals surface area contributed by atoms with E-state index in [2.05, 4.69) is 19.8 Å². The maximum absolute atomic E-state index is 12.7. The van der Waals surface area contributed by atoms with Gasteiger partial charge in [-0.05, 0) is 57.2 Å². The van der Waals surface area contributed by atoms with Crippen molar-refractivity contribution in [2.24, 2.45) is 0 Å². The van der Waals surface area contributed by atoms with Gasteiger partial charge in [0, 0.05) is 34.5 Å². The van der Waals surface area contributed by atoms with Crippen LogP contribution < -0.4 is 4.74 Å². The van der Waals surface area contributed by atoms with Gasteiger partial charge in [0.05, 0.1) is 0 Å². The minimum absolute atomic E-state index is 0.0328. The molecule has 9 nitrogen and oxygen atoms in total. The molecular weight excluding hydrogens is 436 g/mol. The van der Waals surface area contributed by atoms with Gasteiger partial charge in [0.1, 0.15) is 5.75 Å². The van der Waals surface area contributed by atoms with Crippen LogP contribution in [0.4, 0.5) is 8.78 Å². The van der Waals surface area contributed by atoms with Gasteiger partial charge >= 0.3 is 12.6 Å². The molecule has 0 amide bonds. The summed E-state index contributed by atoms with van der Waals surface area (Å²) < 4.78 is 37.4. The molecule has 0 radical (unpaired) electrons. The summed E-state index contributed by atoms with van der Waals surface area (Å²) in [6, 6.07) is 9.44. The molecule has 0 unspecified atom stereocenters. The fourth-order valence-electron chi connectivity index (χ4n) is 3.49. The van der Waals surface area contributed by atoms with Crippen LogP contribution in [0.15, 0.2) is 42.6 Å². The molecule has 4 aromatic rings. The Balaban J connectivity index is 1.48. The second kappa shape index (κ2) is 8.77. The summed E-state index contributed by atoms with van der Waals surface area (Å²) in [7, 11) is 0. The van der Waals surface area contributed by atoms with Gasteiger partial charge in [0.2, 0.25) is 5.78 Å². The number of fused-ring (bicyclic) bond motifs is 1. The molecule has 11 heteroatoms. The molecule has 0 aliphatic rings. The lowest BCUT2D eigenvalue weighted by atomic mass is 10.1. The minimum atomic E-state index is -2.91. The zero-order valence-electron chi connectivity index (χ0n) is 18.0. The fraction of sp³-hybridized carbons (Fsp3) is 0.227. The molecule has 3 aromatic heterocycles. The Morgan fingerprint density at radius 2 is 1.79 bits per heavy atom. The molecule has 4 rings (SSSR count). The molecule has 3 heterocycles. The number of hydrogen-bond acceptors (Lipinski definition) is 7. The number of nitrogens with zero attached hydrogens (tertiary/aromatic N) is 5. The standard InChI is InChI=1S/C22H19F2N5O4/c1-12-8-9-25-22-26-19(27-29(12)22)20(31)32-11-18(30)17-10-13(2)28(14(17)3)15-4-6-16(7-5-15)33-21(23)24/h4-10,21H,11H2,1-3H3. The van der Waals surface area contributed by atoms with E-state index in [9.17, 15) is 18.4 Å². The first-order valence-electron chi connectivity index (χ1n) is 9.87. The predicted octanol–water partition coefficient (Wildman–Crippen LogP) is 3.48. The van der Waals surface area contributed by atoms with E-state index in [1.165, 1.54) is 16.6 Å². The van der Waals surface area contributed by atoms with Gasteiger partial charge in [-0.25, -0.2) is 14.3 Å². The third-order valence-corrected chi connectivity index (χ3v) is 5.00. The van der Waals surface area contributed by atoms with Crippen LogP contribution in [0.1, 0.15) is 38.1 Å². The summed E-state index contributed by atoms with van der Waals surface area (Å²) >= 11 is 0. The highest BCUT2D eigenvalue weighted by atomic mass is 19.3. The van der Waals surface area contributed by atoms with E-state index >= 15 is 0 Å². The number of esters is 1. The predicted molar refractivity (Wildman–Crippen MR) is 112 cm³/mol. The van der Waals surface area contributed by atoms with Crippen molar-refractivity contribution in [2.45, 2.75) is 27.4 Å².